The smallest absolute Gasteiger partial charge is 0.274 e. The molecule has 1 aromatic carbocycles. The molecule has 1 unspecified atom stereocenters. The molecule has 11 N–H and O–H groups in total. The van der Waals surface area contributed by atoms with E-state index >= 15 is 0 Å². The lowest BCUT2D eigenvalue weighted by Gasteiger charge is -2.23. The summed E-state index contributed by atoms with van der Waals surface area (Å²) in [7, 11) is 1.93. The van der Waals surface area contributed by atoms with Crippen LogP contribution >= 0.6 is 23.4 Å². The molecular formula is C25H34ClN9O3S. The molecule has 0 spiro atoms. The molecule has 210 valence electrons. The number of aromatic nitrogens is 2. The third-order valence-electron chi connectivity index (χ3n) is 5.46. The molecule has 1 amide bonds. The number of amides is 1. The minimum absolute atomic E-state index is 0.0423. The number of carbonyl (C=O) groups is 1. The standard InChI is InChI=1S/C18H15ClN6O3S.C7H19N3/c1-22-14(20)15(21)29-10-6-4-5-9(13(10)19)23-16(26)12-17(27)24-11-7-2-3-8-25(11)18(12)28;1-7(9,3-5-8)4-6-10-2/h2-8,27H,1,20-21H2,(H,23,26);10H,3-6,8-9H2,1-2H3/b15-14+;. The van der Waals surface area contributed by atoms with Crippen LogP contribution in [-0.4, -0.2) is 52.8 Å². The number of anilines is 1. The number of nitrogens with two attached hydrogens (primary N) is 4. The quantitative estimate of drug-likeness (QED) is 0.137. The predicted molar refractivity (Wildman–Crippen MR) is 158 cm³/mol. The Bertz CT molecular complexity index is 1410. The van der Waals surface area contributed by atoms with Crippen LogP contribution in [0.3, 0.4) is 0 Å². The van der Waals surface area contributed by atoms with E-state index in [0.29, 0.717) is 11.4 Å². The van der Waals surface area contributed by atoms with E-state index in [-0.39, 0.29) is 32.7 Å². The molecule has 3 aromatic rings. The molecule has 0 aliphatic carbocycles. The summed E-state index contributed by atoms with van der Waals surface area (Å²) in [6.45, 7) is 6.98. The van der Waals surface area contributed by atoms with Crippen LogP contribution in [0.25, 0.3) is 5.65 Å². The van der Waals surface area contributed by atoms with Crippen molar-refractivity contribution >= 4 is 47.3 Å². The number of nitrogens with one attached hydrogen (secondary N) is 2. The lowest BCUT2D eigenvalue weighted by atomic mass is 9.95. The molecule has 12 nitrogen and oxygen atoms in total. The van der Waals surface area contributed by atoms with Gasteiger partial charge in [0.15, 0.2) is 11.4 Å². The number of nitrogens with zero attached hydrogens (tertiary/aromatic N) is 3. The summed E-state index contributed by atoms with van der Waals surface area (Å²) >= 11 is 7.38. The second-order valence-electron chi connectivity index (χ2n) is 8.67. The van der Waals surface area contributed by atoms with Gasteiger partial charge in [0.25, 0.3) is 11.5 Å². The van der Waals surface area contributed by atoms with Gasteiger partial charge in [0, 0.05) is 16.6 Å². The summed E-state index contributed by atoms with van der Waals surface area (Å²) in [5.74, 6) is -1.50. The molecule has 0 saturated carbocycles. The van der Waals surface area contributed by atoms with Crippen molar-refractivity contribution in [1.29, 1.82) is 0 Å². The first-order chi connectivity index (χ1) is 18.4. The number of hydrogen-bond donors (Lipinski definition) is 7. The molecule has 2 aromatic heterocycles. The number of halogens is 1. The first-order valence-corrected chi connectivity index (χ1v) is 13.0. The van der Waals surface area contributed by atoms with E-state index in [1.807, 2.05) is 14.0 Å². The largest absolute Gasteiger partial charge is 0.493 e. The minimum atomic E-state index is -0.863. The monoisotopic (exact) mass is 575 g/mol. The molecule has 2 heterocycles. The summed E-state index contributed by atoms with van der Waals surface area (Å²) in [6, 6.07) is 9.60. The Morgan fingerprint density at radius 2 is 1.97 bits per heavy atom. The van der Waals surface area contributed by atoms with E-state index in [1.54, 1.807) is 24.3 Å². The second kappa shape index (κ2) is 14.5. The fourth-order valence-electron chi connectivity index (χ4n) is 3.26. The van der Waals surface area contributed by atoms with Crippen LogP contribution in [0, 0.1) is 0 Å². The second-order valence-corrected chi connectivity index (χ2v) is 10.1. The Hall–Kier alpha value is -3.62. The van der Waals surface area contributed by atoms with Crippen LogP contribution < -0.4 is 39.1 Å². The van der Waals surface area contributed by atoms with Gasteiger partial charge in [-0.2, -0.15) is 4.98 Å². The van der Waals surface area contributed by atoms with E-state index in [0.717, 1.165) is 35.5 Å². The first-order valence-electron chi connectivity index (χ1n) is 11.8. The third kappa shape index (κ3) is 8.70. The zero-order valence-corrected chi connectivity index (χ0v) is 23.4. The Morgan fingerprint density at radius 1 is 1.26 bits per heavy atom. The van der Waals surface area contributed by atoms with Crippen LogP contribution in [0.15, 0.2) is 68.1 Å². The number of aliphatic imine (C=N–C) groups is 1. The van der Waals surface area contributed by atoms with Gasteiger partial charge in [0.05, 0.1) is 10.7 Å². The van der Waals surface area contributed by atoms with Gasteiger partial charge in [0.2, 0.25) is 5.88 Å². The summed E-state index contributed by atoms with van der Waals surface area (Å²) < 4.78 is 1.15. The number of thioether (sulfide) groups is 1. The van der Waals surface area contributed by atoms with E-state index < -0.39 is 22.9 Å². The number of fused-ring (bicyclic) bond motifs is 1. The van der Waals surface area contributed by atoms with E-state index in [9.17, 15) is 14.7 Å². The van der Waals surface area contributed by atoms with Crippen molar-refractivity contribution in [2.75, 3.05) is 25.5 Å². The number of benzene rings is 1. The van der Waals surface area contributed by atoms with Gasteiger partial charge >= 0.3 is 0 Å². The highest BCUT2D eigenvalue weighted by Crippen LogP contribution is 2.36. The maximum atomic E-state index is 12.7. The first kappa shape index (κ1) is 31.6. The van der Waals surface area contributed by atoms with Gasteiger partial charge in [-0.1, -0.05) is 35.5 Å². The van der Waals surface area contributed by atoms with Crippen molar-refractivity contribution in [2.45, 2.75) is 30.2 Å². The lowest BCUT2D eigenvalue weighted by Crippen LogP contribution is -2.40. The zero-order valence-electron chi connectivity index (χ0n) is 21.8. The lowest BCUT2D eigenvalue weighted by molar-refractivity contribution is 0.102. The van der Waals surface area contributed by atoms with Crippen molar-refractivity contribution < 1.29 is 9.90 Å². The fraction of sp³-hybridized carbons (Fsp3) is 0.280. The molecule has 3 rings (SSSR count). The van der Waals surface area contributed by atoms with Gasteiger partial charge in [-0.05, 0) is 70.9 Å². The van der Waals surface area contributed by atoms with Crippen molar-refractivity contribution in [3.05, 3.63) is 74.4 Å². The van der Waals surface area contributed by atoms with Gasteiger partial charge in [0.1, 0.15) is 10.7 Å². The number of aromatic hydroxyl groups is 1. The van der Waals surface area contributed by atoms with Crippen LogP contribution in [0.1, 0.15) is 30.1 Å². The van der Waals surface area contributed by atoms with Crippen molar-refractivity contribution in [3.63, 3.8) is 0 Å². The number of pyridine rings is 1. The van der Waals surface area contributed by atoms with E-state index in [4.69, 9.17) is 34.5 Å². The van der Waals surface area contributed by atoms with Gasteiger partial charge in [-0.15, -0.1) is 0 Å². The van der Waals surface area contributed by atoms with Gasteiger partial charge in [-0.25, -0.2) is 4.99 Å². The molecule has 0 bridgehead atoms. The van der Waals surface area contributed by atoms with Crippen LogP contribution in [0.2, 0.25) is 5.02 Å². The van der Waals surface area contributed by atoms with Crippen molar-refractivity contribution in [1.82, 2.24) is 14.7 Å². The maximum absolute atomic E-state index is 12.7. The molecule has 14 heteroatoms. The topological polar surface area (TPSA) is 212 Å². The molecule has 0 saturated heterocycles. The highest BCUT2D eigenvalue weighted by atomic mass is 35.5. The molecule has 0 radical (unpaired) electrons. The van der Waals surface area contributed by atoms with Crippen LogP contribution in [0.4, 0.5) is 5.69 Å². The summed E-state index contributed by atoms with van der Waals surface area (Å²) in [5.41, 5.74) is 21.8. The van der Waals surface area contributed by atoms with Gasteiger partial charge in [-0.3, -0.25) is 14.0 Å². The summed E-state index contributed by atoms with van der Waals surface area (Å²) in [6.07, 6.45) is 3.33. The average Bonchev–Trinajstić information content (AvgIpc) is 2.89. The average molecular weight is 576 g/mol. The van der Waals surface area contributed by atoms with Crippen LogP contribution in [0.5, 0.6) is 5.88 Å². The van der Waals surface area contributed by atoms with Crippen LogP contribution in [-0.2, 0) is 0 Å². The van der Waals surface area contributed by atoms with E-state index in [2.05, 4.69) is 27.3 Å². The molecule has 0 aliphatic heterocycles. The predicted octanol–water partition coefficient (Wildman–Crippen LogP) is 1.80. The fourth-order valence-corrected chi connectivity index (χ4v) is 4.30. The Labute approximate surface area is 235 Å². The summed E-state index contributed by atoms with van der Waals surface area (Å²) in [5, 5.41) is 16.0. The molecular weight excluding hydrogens is 542 g/mol. The highest BCUT2D eigenvalue weighted by Gasteiger charge is 2.21. The molecule has 0 fully saturated rings. The van der Waals surface area contributed by atoms with Gasteiger partial charge < -0.3 is 38.7 Å². The zero-order chi connectivity index (χ0) is 29.2. The SMILES string of the molecule is C=N/C(N)=C(\N)Sc1cccc(NC(=O)c2c(O)nc3ccccn3c2=O)c1Cl.CNCCC(C)(N)CCN. The van der Waals surface area contributed by atoms with Crippen molar-refractivity contribution in [3.8, 4) is 5.88 Å². The number of carbonyl (C=O) groups excluding carboxylic acids is 1. The normalized spacial score (nSPS) is 13.1. The minimum Gasteiger partial charge on any atom is -0.493 e. The molecule has 39 heavy (non-hydrogen) atoms. The molecule has 0 aliphatic rings. The molecule has 1 atom stereocenters. The highest BCUT2D eigenvalue weighted by molar-refractivity contribution is 8.03. The van der Waals surface area contributed by atoms with Crippen molar-refractivity contribution in [2.24, 2.45) is 27.9 Å². The Kier molecular flexibility index (Phi) is 11.8. The number of rotatable bonds is 10. The number of hydrogen-bond acceptors (Lipinski definition) is 11. The summed E-state index contributed by atoms with van der Waals surface area (Å²) in [4.78, 5) is 33.2. The van der Waals surface area contributed by atoms with E-state index in [1.165, 1.54) is 18.3 Å². The third-order valence-corrected chi connectivity index (χ3v) is 6.97. The maximum Gasteiger partial charge on any atom is 0.274 e. The Morgan fingerprint density at radius 3 is 2.62 bits per heavy atom. The Balaban J connectivity index is 0.000000455.